The Morgan fingerprint density at radius 1 is 1.32 bits per heavy atom. The van der Waals surface area contributed by atoms with Crippen LogP contribution in [0.4, 0.5) is 4.39 Å². The molecule has 9 heteroatoms. The number of aromatic nitrogens is 2. The molecule has 1 amide bonds. The molecule has 166 valence electrons. The number of methoxy groups -OCH3 is 1. The molecule has 0 radical (unpaired) electrons. The maximum Gasteiger partial charge on any atom is 0.251 e. The van der Waals surface area contributed by atoms with E-state index in [1.165, 1.54) is 13.2 Å². The molecule has 1 fully saturated rings. The van der Waals surface area contributed by atoms with Gasteiger partial charge in [0.15, 0.2) is 17.4 Å². The zero-order chi connectivity index (χ0) is 22.0. The molecule has 0 bridgehead atoms. The molecule has 0 spiro atoms. The number of aryl methyl sites for hydroxylation is 1. The Morgan fingerprint density at radius 3 is 2.74 bits per heavy atom. The summed E-state index contributed by atoms with van der Waals surface area (Å²) in [5, 5.41) is 16.5. The normalized spacial score (nSPS) is 21.6. The van der Waals surface area contributed by atoms with E-state index >= 15 is 0 Å². The molecule has 2 heterocycles. The molecule has 2 aromatic rings. The highest BCUT2D eigenvalue weighted by molar-refractivity contribution is 7.16. The number of halogens is 1. The maximum absolute atomic E-state index is 13.6. The maximum atomic E-state index is 13.6. The Morgan fingerprint density at radius 2 is 2.06 bits per heavy atom. The molecular formula is C22H28FN4O3P. The van der Waals surface area contributed by atoms with Crippen LogP contribution in [0.2, 0.25) is 0 Å². The Balaban J connectivity index is 1.31. The minimum Gasteiger partial charge on any atom is -0.504 e. The minimum absolute atomic E-state index is 0.0495. The number of phenols is 1. The molecule has 4 rings (SSSR count). The van der Waals surface area contributed by atoms with E-state index in [0.717, 1.165) is 50.2 Å². The Bertz CT molecular complexity index is 983. The summed E-state index contributed by atoms with van der Waals surface area (Å²) in [7, 11) is 3.62. The Hall–Kier alpha value is -2.60. The van der Waals surface area contributed by atoms with Gasteiger partial charge >= 0.3 is 0 Å². The van der Waals surface area contributed by atoms with E-state index in [4.69, 9.17) is 4.74 Å². The monoisotopic (exact) mass is 446 g/mol. The van der Waals surface area contributed by atoms with Gasteiger partial charge in [-0.25, -0.2) is 9.37 Å². The average molecular weight is 446 g/mol. The molecule has 2 atom stereocenters. The van der Waals surface area contributed by atoms with Gasteiger partial charge in [-0.1, -0.05) is 9.24 Å². The highest BCUT2D eigenvalue weighted by Gasteiger charge is 2.25. The van der Waals surface area contributed by atoms with Crippen molar-refractivity contribution >= 4 is 21.0 Å². The van der Waals surface area contributed by atoms with Crippen LogP contribution in [0.15, 0.2) is 30.5 Å². The molecular weight excluding hydrogens is 418 g/mol. The van der Waals surface area contributed by atoms with E-state index in [0.29, 0.717) is 23.0 Å². The summed E-state index contributed by atoms with van der Waals surface area (Å²) in [5.41, 5.74) is 0.847. The van der Waals surface area contributed by atoms with Gasteiger partial charge in [0.2, 0.25) is 0 Å². The Kier molecular flexibility index (Phi) is 6.46. The van der Waals surface area contributed by atoms with Crippen molar-refractivity contribution in [2.24, 2.45) is 0 Å². The first-order chi connectivity index (χ1) is 14.9. The van der Waals surface area contributed by atoms with Crippen LogP contribution < -0.4 is 15.4 Å². The summed E-state index contributed by atoms with van der Waals surface area (Å²) in [5.74, 6) is 0.782. The number of alkyl halides is 1. The van der Waals surface area contributed by atoms with E-state index < -0.39 is 5.91 Å². The highest BCUT2D eigenvalue weighted by Crippen LogP contribution is 2.29. The van der Waals surface area contributed by atoms with Crippen LogP contribution in [-0.2, 0) is 6.42 Å². The van der Waals surface area contributed by atoms with Crippen molar-refractivity contribution in [3.63, 3.8) is 0 Å². The predicted octanol–water partition coefficient (Wildman–Crippen LogP) is 3.52. The second kappa shape index (κ2) is 9.27. The van der Waals surface area contributed by atoms with Gasteiger partial charge < -0.3 is 20.5 Å². The quantitative estimate of drug-likeness (QED) is 0.591. The number of allylic oxidation sites excluding steroid dienone is 1. The fourth-order valence-corrected chi connectivity index (χ4v) is 4.37. The van der Waals surface area contributed by atoms with E-state index in [9.17, 15) is 14.3 Å². The number of nitrogens with one attached hydrogen (secondary N) is 2. The lowest BCUT2D eigenvalue weighted by Gasteiger charge is -2.32. The van der Waals surface area contributed by atoms with Crippen molar-refractivity contribution in [1.29, 1.82) is 0 Å². The molecule has 7 nitrogen and oxygen atoms in total. The van der Waals surface area contributed by atoms with Crippen molar-refractivity contribution < 1.29 is 19.0 Å². The van der Waals surface area contributed by atoms with Crippen LogP contribution in [0.5, 0.6) is 11.5 Å². The molecule has 1 aliphatic carbocycles. The third-order valence-electron chi connectivity index (χ3n) is 5.90. The molecule has 2 aliphatic rings. The minimum atomic E-state index is -1.16. The first-order valence-corrected chi connectivity index (χ1v) is 11.2. The van der Waals surface area contributed by atoms with E-state index in [2.05, 4.69) is 30.9 Å². The fraction of sp³-hybridized carbons (Fsp3) is 0.455. The van der Waals surface area contributed by atoms with Crippen molar-refractivity contribution in [3.8, 4) is 11.5 Å². The molecule has 1 aromatic carbocycles. The van der Waals surface area contributed by atoms with Gasteiger partial charge in [-0.3, -0.25) is 9.36 Å². The molecule has 1 aromatic heterocycles. The van der Waals surface area contributed by atoms with E-state index in [1.807, 2.05) is 4.57 Å². The summed E-state index contributed by atoms with van der Waals surface area (Å²) in [4.78, 5) is 16.9. The van der Waals surface area contributed by atoms with Crippen LogP contribution in [-0.4, -0.2) is 39.8 Å². The molecule has 1 aliphatic heterocycles. The van der Waals surface area contributed by atoms with Crippen LogP contribution in [0.3, 0.4) is 0 Å². The molecule has 1 saturated carbocycles. The first-order valence-electron chi connectivity index (χ1n) is 10.6. The number of phenolic OH excluding ortho intramolecular Hbond substituents is 1. The number of ether oxygens (including phenoxy) is 1. The van der Waals surface area contributed by atoms with Crippen molar-refractivity contribution in [1.82, 2.24) is 20.2 Å². The number of fused-ring (bicyclic) bond motifs is 1. The summed E-state index contributed by atoms with van der Waals surface area (Å²) in [6.45, 7) is 0. The first kappa shape index (κ1) is 21.6. The zero-order valence-corrected chi connectivity index (χ0v) is 18.6. The molecule has 0 saturated heterocycles. The standard InChI is InChI=1S/C22H28FN4O3P/c1-30-18-10-5-13(11-17(18)28)22(29)25-15-8-6-14(7-9-15)24-19-3-2-4-20-26-16(21(23)31)12-27(19)20/h3,5,10-12,14-15,21,24,28H,2,4,6-9,31H2,1H3,(H,25,29). The third-order valence-corrected chi connectivity index (χ3v) is 6.24. The largest absolute Gasteiger partial charge is 0.504 e. The second-order valence-electron chi connectivity index (χ2n) is 8.03. The SMILES string of the molecule is COc1ccc(C(=O)NC2CCC(NC3=CCCc4nc(C(F)P)cn43)CC2)cc1O. The van der Waals surface area contributed by atoms with Gasteiger partial charge in [0.05, 0.1) is 12.8 Å². The van der Waals surface area contributed by atoms with E-state index in [1.54, 1.807) is 18.3 Å². The smallest absolute Gasteiger partial charge is 0.251 e. The number of amides is 1. The van der Waals surface area contributed by atoms with Crippen LogP contribution in [0.1, 0.15) is 59.9 Å². The number of imidazole rings is 1. The predicted molar refractivity (Wildman–Crippen MR) is 120 cm³/mol. The van der Waals surface area contributed by atoms with Crippen molar-refractivity contribution in [2.45, 2.75) is 56.5 Å². The lowest BCUT2D eigenvalue weighted by Crippen LogP contribution is -2.42. The lowest BCUT2D eigenvalue weighted by molar-refractivity contribution is 0.0924. The number of nitrogens with zero attached hydrogens (tertiary/aromatic N) is 2. The molecule has 2 unspecified atom stereocenters. The summed E-state index contributed by atoms with van der Waals surface area (Å²) in [6.07, 6.45) is 9.15. The average Bonchev–Trinajstić information content (AvgIpc) is 3.21. The number of carbonyl (C=O) groups is 1. The second-order valence-corrected chi connectivity index (χ2v) is 8.62. The van der Waals surface area contributed by atoms with Gasteiger partial charge in [0.1, 0.15) is 11.6 Å². The Labute approximate surface area is 183 Å². The summed E-state index contributed by atoms with van der Waals surface area (Å²) < 4.78 is 20.6. The van der Waals surface area contributed by atoms with Crippen LogP contribution in [0.25, 0.3) is 5.82 Å². The number of aromatic hydroxyl groups is 1. The van der Waals surface area contributed by atoms with E-state index in [-0.39, 0.29) is 17.7 Å². The fourth-order valence-electron chi connectivity index (χ4n) is 4.21. The van der Waals surface area contributed by atoms with Crippen LogP contribution in [0, 0.1) is 0 Å². The van der Waals surface area contributed by atoms with Crippen molar-refractivity contribution in [3.05, 3.63) is 47.6 Å². The highest BCUT2D eigenvalue weighted by atomic mass is 31.0. The van der Waals surface area contributed by atoms with Gasteiger partial charge in [0, 0.05) is 30.3 Å². The van der Waals surface area contributed by atoms with Crippen LogP contribution >= 0.6 is 9.24 Å². The number of rotatable bonds is 6. The topological polar surface area (TPSA) is 88.4 Å². The lowest BCUT2D eigenvalue weighted by atomic mass is 9.91. The number of benzene rings is 1. The van der Waals surface area contributed by atoms with Gasteiger partial charge in [-0.05, 0) is 56.4 Å². The van der Waals surface area contributed by atoms with Crippen molar-refractivity contribution in [2.75, 3.05) is 7.11 Å². The number of hydrogen-bond donors (Lipinski definition) is 3. The number of hydrogen-bond acceptors (Lipinski definition) is 5. The summed E-state index contributed by atoms with van der Waals surface area (Å²) >= 11 is 0. The summed E-state index contributed by atoms with van der Waals surface area (Å²) in [6, 6.07) is 5.03. The van der Waals surface area contributed by atoms with Gasteiger partial charge in [0.25, 0.3) is 5.91 Å². The third kappa shape index (κ3) is 4.85. The molecule has 3 N–H and O–H groups in total. The van der Waals surface area contributed by atoms with Gasteiger partial charge in [-0.2, -0.15) is 0 Å². The zero-order valence-electron chi connectivity index (χ0n) is 17.5. The molecule has 31 heavy (non-hydrogen) atoms. The van der Waals surface area contributed by atoms with Gasteiger partial charge in [-0.15, -0.1) is 0 Å². The number of carbonyl (C=O) groups excluding carboxylic acids is 1.